The Hall–Kier alpha value is -8.94. The highest BCUT2D eigenvalue weighted by molar-refractivity contribution is 7.26. The van der Waals surface area contributed by atoms with Gasteiger partial charge in [0.1, 0.15) is 22.3 Å². The highest BCUT2D eigenvalue weighted by Gasteiger charge is 2.23. The van der Waals surface area contributed by atoms with Crippen molar-refractivity contribution >= 4 is 173 Å². The Morgan fingerprint density at radius 1 is 0.264 bits per heavy atom. The SMILES string of the molecule is c1ccc(N(c2ccc3c(c2)oc2c4ccccc4ccc32)c2cccc3sc4cc5cc6c(cc5cc4c23)sc2cccc(N(c3ccccc3)c3ccc4c(c3)oc3c5ccccc5ccc43)c26)cc1. The summed E-state index contributed by atoms with van der Waals surface area (Å²) in [7, 11) is 0. The number of hydrogen-bond donors (Lipinski definition) is 0. The van der Waals surface area contributed by atoms with Crippen LogP contribution in [0.15, 0.2) is 239 Å². The molecule has 0 amide bonds. The number of hydrogen-bond acceptors (Lipinski definition) is 6. The first-order valence-electron chi connectivity index (χ1n) is 24.3. The van der Waals surface area contributed by atoms with E-state index in [1.54, 1.807) is 0 Å². The molecule has 0 aliphatic rings. The smallest absolute Gasteiger partial charge is 0.143 e. The monoisotopic (exact) mass is 954 g/mol. The van der Waals surface area contributed by atoms with Gasteiger partial charge in [-0.3, -0.25) is 0 Å². The summed E-state index contributed by atoms with van der Waals surface area (Å²) in [5.41, 5.74) is 10.1. The molecule has 0 aliphatic heterocycles. The molecule has 16 rings (SSSR count). The van der Waals surface area contributed by atoms with E-state index in [0.717, 1.165) is 88.8 Å². The molecule has 72 heavy (non-hydrogen) atoms. The molecular weight excluding hydrogens is 917 g/mol. The standard InChI is InChI=1S/C66H38N2O2S2/c1-3-15-43(16-4-1)67(45-27-31-49-51-29-25-39-13-7-9-19-47(39)65(51)69-57(49)37-45)55-21-11-23-59-63(55)53-33-41-36-62-54(34-42(41)35-61(53)71-59)64-56(22-12-24-60(64)72-62)68(44-17-5-2-6-18-44)46-28-32-50-52-30-26-40-14-8-10-20-48(40)66(52)70-58(50)38-46/h1-38H. The Balaban J connectivity index is 0.861. The molecule has 12 aromatic carbocycles. The van der Waals surface area contributed by atoms with Crippen molar-refractivity contribution in [3.05, 3.63) is 231 Å². The minimum atomic E-state index is 0.872. The molecule has 0 N–H and O–H groups in total. The summed E-state index contributed by atoms with van der Waals surface area (Å²) < 4.78 is 18.5. The number of benzene rings is 12. The summed E-state index contributed by atoms with van der Waals surface area (Å²) in [6.45, 7) is 0. The van der Waals surface area contributed by atoms with E-state index in [1.807, 2.05) is 22.7 Å². The van der Waals surface area contributed by atoms with Crippen LogP contribution in [0.4, 0.5) is 34.1 Å². The Morgan fingerprint density at radius 2 is 0.694 bits per heavy atom. The molecule has 0 fully saturated rings. The third-order valence-electron chi connectivity index (χ3n) is 14.7. The van der Waals surface area contributed by atoms with Crippen molar-refractivity contribution in [2.75, 3.05) is 9.80 Å². The maximum absolute atomic E-state index is 6.75. The van der Waals surface area contributed by atoms with Gasteiger partial charge in [0.2, 0.25) is 0 Å². The van der Waals surface area contributed by atoms with Crippen molar-refractivity contribution < 1.29 is 8.83 Å². The summed E-state index contributed by atoms with van der Waals surface area (Å²) in [5.74, 6) is 0. The van der Waals surface area contributed by atoms with Crippen LogP contribution in [-0.4, -0.2) is 0 Å². The Kier molecular flexibility index (Phi) is 8.46. The molecule has 0 bridgehead atoms. The average Bonchev–Trinajstić information content (AvgIpc) is 4.20. The summed E-state index contributed by atoms with van der Waals surface area (Å²) in [6, 6.07) is 83.6. The number of furan rings is 2. The Labute approximate surface area is 420 Å². The van der Waals surface area contributed by atoms with Gasteiger partial charge in [-0.05, 0) is 131 Å². The number of nitrogens with zero attached hydrogens (tertiary/aromatic N) is 2. The van der Waals surface area contributed by atoms with Crippen molar-refractivity contribution in [1.82, 2.24) is 0 Å². The fourth-order valence-corrected chi connectivity index (χ4v) is 13.8. The van der Waals surface area contributed by atoms with Gasteiger partial charge >= 0.3 is 0 Å². The zero-order chi connectivity index (χ0) is 47.0. The van der Waals surface area contributed by atoms with Crippen molar-refractivity contribution in [3.63, 3.8) is 0 Å². The summed E-state index contributed by atoms with van der Waals surface area (Å²) in [5, 5.41) is 16.5. The van der Waals surface area contributed by atoms with Crippen LogP contribution in [0, 0.1) is 0 Å². The van der Waals surface area contributed by atoms with Crippen LogP contribution in [0.5, 0.6) is 0 Å². The fourth-order valence-electron chi connectivity index (χ4n) is 11.5. The first kappa shape index (κ1) is 39.9. The molecule has 4 aromatic heterocycles. The van der Waals surface area contributed by atoms with Crippen LogP contribution in [-0.2, 0) is 0 Å². The van der Waals surface area contributed by atoms with Crippen molar-refractivity contribution in [2.24, 2.45) is 0 Å². The molecule has 4 heterocycles. The van der Waals surface area contributed by atoms with Crippen LogP contribution in [0.1, 0.15) is 0 Å². The van der Waals surface area contributed by atoms with Gasteiger partial charge in [0, 0.05) is 108 Å². The molecule has 0 saturated carbocycles. The summed E-state index contributed by atoms with van der Waals surface area (Å²) >= 11 is 3.72. The molecule has 336 valence electrons. The maximum atomic E-state index is 6.75. The van der Waals surface area contributed by atoms with Crippen molar-refractivity contribution in [2.45, 2.75) is 0 Å². The van der Waals surface area contributed by atoms with Crippen LogP contribution in [0.3, 0.4) is 0 Å². The molecule has 0 atom stereocenters. The molecule has 0 unspecified atom stereocenters. The molecule has 0 aliphatic carbocycles. The minimum Gasteiger partial charge on any atom is -0.455 e. The van der Waals surface area contributed by atoms with E-state index in [2.05, 4.69) is 240 Å². The molecule has 16 aromatic rings. The van der Waals surface area contributed by atoms with E-state index in [0.29, 0.717) is 0 Å². The van der Waals surface area contributed by atoms with Gasteiger partial charge in [-0.2, -0.15) is 0 Å². The number of rotatable bonds is 6. The van der Waals surface area contributed by atoms with Crippen molar-refractivity contribution in [3.8, 4) is 0 Å². The topological polar surface area (TPSA) is 32.8 Å². The van der Waals surface area contributed by atoms with Crippen LogP contribution in [0.2, 0.25) is 0 Å². The highest BCUT2D eigenvalue weighted by atomic mass is 32.1. The largest absolute Gasteiger partial charge is 0.455 e. The van der Waals surface area contributed by atoms with E-state index in [-0.39, 0.29) is 0 Å². The van der Waals surface area contributed by atoms with Crippen molar-refractivity contribution in [1.29, 1.82) is 0 Å². The number of fused-ring (bicyclic) bond motifs is 17. The van der Waals surface area contributed by atoms with E-state index in [1.165, 1.54) is 61.9 Å². The van der Waals surface area contributed by atoms with E-state index >= 15 is 0 Å². The van der Waals surface area contributed by atoms with Gasteiger partial charge in [-0.1, -0.05) is 109 Å². The third kappa shape index (κ3) is 5.91. The lowest BCUT2D eigenvalue weighted by Gasteiger charge is -2.26. The van der Waals surface area contributed by atoms with E-state index < -0.39 is 0 Å². The lowest BCUT2D eigenvalue weighted by Crippen LogP contribution is -2.10. The zero-order valence-corrected chi connectivity index (χ0v) is 40.1. The Morgan fingerprint density at radius 3 is 1.17 bits per heavy atom. The van der Waals surface area contributed by atoms with Crippen LogP contribution >= 0.6 is 22.7 Å². The molecule has 4 nitrogen and oxygen atoms in total. The van der Waals surface area contributed by atoms with Gasteiger partial charge in [0.25, 0.3) is 0 Å². The minimum absolute atomic E-state index is 0.872. The second-order valence-corrected chi connectivity index (χ2v) is 20.9. The number of para-hydroxylation sites is 2. The maximum Gasteiger partial charge on any atom is 0.143 e. The highest BCUT2D eigenvalue weighted by Crippen LogP contribution is 2.50. The molecule has 0 spiro atoms. The van der Waals surface area contributed by atoms with Gasteiger partial charge in [0.15, 0.2) is 0 Å². The quantitative estimate of drug-likeness (QED) is 0.166. The second-order valence-electron chi connectivity index (χ2n) is 18.8. The van der Waals surface area contributed by atoms with Gasteiger partial charge < -0.3 is 18.6 Å². The van der Waals surface area contributed by atoms with Crippen LogP contribution < -0.4 is 9.80 Å². The van der Waals surface area contributed by atoms with E-state index in [9.17, 15) is 0 Å². The zero-order valence-electron chi connectivity index (χ0n) is 38.5. The molecular formula is C66H38N2O2S2. The lowest BCUT2D eigenvalue weighted by atomic mass is 10.0. The second kappa shape index (κ2) is 15.3. The molecule has 6 heteroatoms. The Bertz CT molecular complexity index is 4580. The van der Waals surface area contributed by atoms with Gasteiger partial charge in [-0.25, -0.2) is 0 Å². The summed E-state index contributed by atoms with van der Waals surface area (Å²) in [6.07, 6.45) is 0. The summed E-state index contributed by atoms with van der Waals surface area (Å²) in [4.78, 5) is 4.79. The number of anilines is 6. The van der Waals surface area contributed by atoms with E-state index in [4.69, 9.17) is 8.83 Å². The fraction of sp³-hybridized carbons (Fsp3) is 0. The average molecular weight is 955 g/mol. The van der Waals surface area contributed by atoms with Gasteiger partial charge in [-0.15, -0.1) is 22.7 Å². The lowest BCUT2D eigenvalue weighted by molar-refractivity contribution is 0.672. The first-order chi connectivity index (χ1) is 35.7. The normalized spacial score (nSPS) is 12.2. The first-order valence-corrected chi connectivity index (χ1v) is 25.9. The molecule has 0 saturated heterocycles. The van der Waals surface area contributed by atoms with Crippen LogP contribution in [0.25, 0.3) is 117 Å². The third-order valence-corrected chi connectivity index (χ3v) is 17.0. The van der Waals surface area contributed by atoms with Gasteiger partial charge in [0.05, 0.1) is 11.4 Å². The predicted molar refractivity (Wildman–Crippen MR) is 309 cm³/mol. The predicted octanol–water partition coefficient (Wildman–Crippen LogP) is 20.6. The number of thiophene rings is 2. The molecule has 0 radical (unpaired) electrons.